The van der Waals surface area contributed by atoms with Gasteiger partial charge in [-0.05, 0) is 61.1 Å². The van der Waals surface area contributed by atoms with Crippen molar-refractivity contribution in [1.82, 2.24) is 0 Å². The Kier molecular flexibility index (Phi) is 4.18. The zero-order chi connectivity index (χ0) is 14.8. The molecule has 2 heteroatoms. The Bertz CT molecular complexity index is 499. The molecule has 1 aromatic rings. The third-order valence-corrected chi connectivity index (χ3v) is 4.84. The van der Waals surface area contributed by atoms with Gasteiger partial charge in [-0.1, -0.05) is 32.9 Å². The van der Waals surface area contributed by atoms with E-state index in [1.54, 1.807) is 12.1 Å². The molecule has 0 aromatic heterocycles. The lowest BCUT2D eigenvalue weighted by Crippen LogP contribution is -2.33. The van der Waals surface area contributed by atoms with Crippen LogP contribution in [-0.2, 0) is 6.42 Å². The third-order valence-electron chi connectivity index (χ3n) is 4.84. The second-order valence-corrected chi connectivity index (χ2v) is 7.34. The molecule has 0 saturated heterocycles. The maximum atomic E-state index is 13.3. The van der Waals surface area contributed by atoms with Crippen LogP contribution in [-0.4, -0.2) is 0 Å². The highest BCUT2D eigenvalue weighted by atomic mass is 19.1. The lowest BCUT2D eigenvalue weighted by molar-refractivity contribution is 0.120. The van der Waals surface area contributed by atoms with Crippen molar-refractivity contribution in [3.05, 3.63) is 35.6 Å². The molecule has 0 radical (unpaired) electrons. The lowest BCUT2D eigenvalue weighted by Gasteiger charge is -2.40. The Morgan fingerprint density at radius 3 is 2.45 bits per heavy atom. The van der Waals surface area contributed by atoms with Gasteiger partial charge in [-0.15, -0.1) is 0 Å². The Balaban J connectivity index is 2.08. The fraction of sp³-hybridized carbons (Fsp3) is 0.611. The number of nitriles is 1. The Morgan fingerprint density at radius 2 is 1.95 bits per heavy atom. The van der Waals surface area contributed by atoms with Gasteiger partial charge in [0.2, 0.25) is 0 Å². The van der Waals surface area contributed by atoms with Crippen molar-refractivity contribution in [1.29, 1.82) is 5.26 Å². The molecule has 1 aromatic carbocycles. The molecule has 0 bridgehead atoms. The first-order valence-electron chi connectivity index (χ1n) is 7.50. The molecule has 20 heavy (non-hydrogen) atoms. The van der Waals surface area contributed by atoms with E-state index >= 15 is 0 Å². The summed E-state index contributed by atoms with van der Waals surface area (Å²) in [6.07, 6.45) is 4.75. The minimum absolute atomic E-state index is 0.209. The van der Waals surface area contributed by atoms with Crippen molar-refractivity contribution < 1.29 is 4.39 Å². The van der Waals surface area contributed by atoms with Gasteiger partial charge in [-0.3, -0.25) is 0 Å². The molecule has 0 unspecified atom stereocenters. The Hall–Kier alpha value is -1.36. The second-order valence-electron chi connectivity index (χ2n) is 7.34. The molecule has 0 heterocycles. The molecule has 0 atom stereocenters. The minimum Gasteiger partial charge on any atom is -0.207 e. The molecule has 1 fully saturated rings. The number of halogens is 1. The highest BCUT2D eigenvalue weighted by Gasteiger charge is 2.39. The van der Waals surface area contributed by atoms with Crippen molar-refractivity contribution in [2.45, 2.75) is 52.9 Å². The molecule has 0 spiro atoms. The SMILES string of the molecule is CC(C)(C)C1CCC(C#N)(Cc2cccc(F)c2)CC1. The molecule has 0 N–H and O–H groups in total. The van der Waals surface area contributed by atoms with Crippen molar-refractivity contribution in [2.24, 2.45) is 16.7 Å². The van der Waals surface area contributed by atoms with Crippen molar-refractivity contribution in [3.8, 4) is 6.07 Å². The van der Waals surface area contributed by atoms with E-state index in [-0.39, 0.29) is 11.2 Å². The van der Waals surface area contributed by atoms with Gasteiger partial charge in [-0.25, -0.2) is 4.39 Å². The van der Waals surface area contributed by atoms with E-state index < -0.39 is 0 Å². The number of nitrogens with zero attached hydrogens (tertiary/aromatic N) is 1. The van der Waals surface area contributed by atoms with Crippen LogP contribution in [0.1, 0.15) is 52.0 Å². The van der Waals surface area contributed by atoms with Gasteiger partial charge in [0.05, 0.1) is 11.5 Å². The summed E-state index contributed by atoms with van der Waals surface area (Å²) < 4.78 is 13.3. The van der Waals surface area contributed by atoms with E-state index in [0.29, 0.717) is 17.8 Å². The van der Waals surface area contributed by atoms with Crippen LogP contribution < -0.4 is 0 Å². The summed E-state index contributed by atoms with van der Waals surface area (Å²) in [5.74, 6) is 0.482. The van der Waals surface area contributed by atoms with Crippen LogP contribution in [0.5, 0.6) is 0 Å². The van der Waals surface area contributed by atoms with Crippen LogP contribution in [0.15, 0.2) is 24.3 Å². The van der Waals surface area contributed by atoms with Crippen molar-refractivity contribution in [2.75, 3.05) is 0 Å². The van der Waals surface area contributed by atoms with Crippen LogP contribution in [0, 0.1) is 33.9 Å². The predicted molar refractivity (Wildman–Crippen MR) is 79.6 cm³/mol. The van der Waals surface area contributed by atoms with E-state index in [1.165, 1.54) is 6.07 Å². The summed E-state index contributed by atoms with van der Waals surface area (Å²) in [7, 11) is 0. The second kappa shape index (κ2) is 5.56. The smallest absolute Gasteiger partial charge is 0.123 e. The first-order valence-corrected chi connectivity index (χ1v) is 7.50. The largest absolute Gasteiger partial charge is 0.207 e. The lowest BCUT2D eigenvalue weighted by atomic mass is 9.63. The summed E-state index contributed by atoms with van der Waals surface area (Å²) in [6.45, 7) is 6.84. The van der Waals surface area contributed by atoms with E-state index in [1.807, 2.05) is 6.07 Å². The van der Waals surface area contributed by atoms with Crippen LogP contribution in [0.3, 0.4) is 0 Å². The third kappa shape index (κ3) is 3.39. The van der Waals surface area contributed by atoms with Gasteiger partial charge in [0, 0.05) is 0 Å². The first-order chi connectivity index (χ1) is 9.35. The molecular formula is C18H24FN. The summed E-state index contributed by atoms with van der Waals surface area (Å²) in [5, 5.41) is 9.62. The van der Waals surface area contributed by atoms with Gasteiger partial charge >= 0.3 is 0 Å². The fourth-order valence-electron chi connectivity index (χ4n) is 3.40. The molecule has 1 saturated carbocycles. The monoisotopic (exact) mass is 273 g/mol. The van der Waals surface area contributed by atoms with Crippen LogP contribution in [0.2, 0.25) is 0 Å². The zero-order valence-electron chi connectivity index (χ0n) is 12.7. The van der Waals surface area contributed by atoms with Crippen LogP contribution >= 0.6 is 0 Å². The van der Waals surface area contributed by atoms with E-state index in [4.69, 9.17) is 0 Å². The predicted octanol–water partition coefficient (Wildman–Crippen LogP) is 5.11. The highest BCUT2D eigenvalue weighted by molar-refractivity contribution is 5.21. The zero-order valence-corrected chi connectivity index (χ0v) is 12.7. The maximum absolute atomic E-state index is 13.3. The van der Waals surface area contributed by atoms with Gasteiger partial charge in [0.15, 0.2) is 0 Å². The van der Waals surface area contributed by atoms with Gasteiger partial charge in [0.1, 0.15) is 5.82 Å². The van der Waals surface area contributed by atoms with E-state index in [0.717, 1.165) is 31.2 Å². The minimum atomic E-state index is -0.296. The summed E-state index contributed by atoms with van der Waals surface area (Å²) >= 11 is 0. The van der Waals surface area contributed by atoms with Gasteiger partial charge in [0.25, 0.3) is 0 Å². The summed E-state index contributed by atoms with van der Waals surface area (Å²) in [6, 6.07) is 9.22. The molecule has 0 amide bonds. The Morgan fingerprint density at radius 1 is 1.30 bits per heavy atom. The molecule has 108 valence electrons. The fourth-order valence-corrected chi connectivity index (χ4v) is 3.40. The highest BCUT2D eigenvalue weighted by Crippen LogP contribution is 2.46. The average molecular weight is 273 g/mol. The quantitative estimate of drug-likeness (QED) is 0.734. The maximum Gasteiger partial charge on any atom is 0.123 e. The average Bonchev–Trinajstić information content (AvgIpc) is 2.38. The van der Waals surface area contributed by atoms with Crippen molar-refractivity contribution >= 4 is 0 Å². The molecule has 1 nitrogen and oxygen atoms in total. The summed E-state index contributed by atoms with van der Waals surface area (Å²) in [4.78, 5) is 0. The number of benzene rings is 1. The van der Waals surface area contributed by atoms with Crippen LogP contribution in [0.25, 0.3) is 0 Å². The molecule has 0 aliphatic heterocycles. The normalized spacial score (nSPS) is 27.1. The molecule has 1 aliphatic carbocycles. The van der Waals surface area contributed by atoms with Gasteiger partial charge in [-0.2, -0.15) is 5.26 Å². The number of hydrogen-bond donors (Lipinski definition) is 0. The standard InChI is InChI=1S/C18H24FN/c1-17(2,3)15-7-9-18(13-20,10-8-15)12-14-5-4-6-16(19)11-14/h4-6,11,15H,7-10,12H2,1-3H3. The molecular weight excluding hydrogens is 249 g/mol. The van der Waals surface area contributed by atoms with Gasteiger partial charge < -0.3 is 0 Å². The van der Waals surface area contributed by atoms with Crippen LogP contribution in [0.4, 0.5) is 4.39 Å². The topological polar surface area (TPSA) is 23.8 Å². The number of rotatable bonds is 2. The van der Waals surface area contributed by atoms with Crippen molar-refractivity contribution in [3.63, 3.8) is 0 Å². The first kappa shape index (κ1) is 15.0. The summed E-state index contributed by atoms with van der Waals surface area (Å²) in [5.41, 5.74) is 0.969. The number of hydrogen-bond acceptors (Lipinski definition) is 1. The van der Waals surface area contributed by atoms with E-state index in [2.05, 4.69) is 26.8 Å². The molecule has 1 aliphatic rings. The molecule has 2 rings (SSSR count). The van der Waals surface area contributed by atoms with E-state index in [9.17, 15) is 9.65 Å². The Labute approximate surface area is 121 Å².